The van der Waals surface area contributed by atoms with Gasteiger partial charge < -0.3 is 9.84 Å². The van der Waals surface area contributed by atoms with Gasteiger partial charge in [-0.25, -0.2) is 4.79 Å². The summed E-state index contributed by atoms with van der Waals surface area (Å²) in [5, 5.41) is 14.9. The molecular weight excluding hydrogens is 648 g/mol. The minimum absolute atomic E-state index is 0.250. The maximum Gasteiger partial charge on any atom is 0.345 e. The Balaban J connectivity index is 1.52. The predicted octanol–water partition coefficient (Wildman–Crippen LogP) is 10.1. The lowest BCUT2D eigenvalue weighted by Gasteiger charge is -2.19. The number of ether oxygens (including phenoxy) is 1. The number of carboxylic acids is 1. The van der Waals surface area contributed by atoms with Gasteiger partial charge in [0, 0.05) is 27.3 Å². The molecule has 0 aliphatic heterocycles. The smallest absolute Gasteiger partial charge is 0.345 e. The van der Waals surface area contributed by atoms with E-state index in [-0.39, 0.29) is 6.42 Å². The van der Waals surface area contributed by atoms with E-state index in [2.05, 4.69) is 50.1 Å². The molecular formula is C31H19Br2ClO3S. The van der Waals surface area contributed by atoms with Crippen molar-refractivity contribution < 1.29 is 14.6 Å². The Bertz CT molecular complexity index is 1830. The van der Waals surface area contributed by atoms with Gasteiger partial charge in [-0.15, -0.1) is 11.3 Å². The second-order valence-corrected chi connectivity index (χ2v) is 12.1. The van der Waals surface area contributed by atoms with Gasteiger partial charge in [-0.05, 0) is 72.1 Å². The highest BCUT2D eigenvalue weighted by atomic mass is 79.9. The van der Waals surface area contributed by atoms with Gasteiger partial charge in [0.05, 0.1) is 18.7 Å². The zero-order chi connectivity index (χ0) is 26.4. The minimum atomic E-state index is -1.04. The maximum atomic E-state index is 12.1. The summed E-state index contributed by atoms with van der Waals surface area (Å²) in [5.41, 5.74) is 2.93. The zero-order valence-electron chi connectivity index (χ0n) is 19.8. The van der Waals surface area contributed by atoms with E-state index in [0.717, 1.165) is 48.0 Å². The molecule has 1 N–H and O–H groups in total. The SMILES string of the molecule is O=C(O)[C@@H](Cc1ccccc1)Oc1c(Br)cc(-c2c3ccccc3c(Cl)c3sc4ccccc4c23)cc1Br. The second-order valence-electron chi connectivity index (χ2n) is 8.94. The molecule has 0 radical (unpaired) electrons. The Kier molecular flexibility index (Phi) is 6.91. The van der Waals surface area contributed by atoms with Crippen molar-refractivity contribution in [3.63, 3.8) is 0 Å². The first-order valence-corrected chi connectivity index (χ1v) is 14.6. The number of hydrogen-bond acceptors (Lipinski definition) is 3. The molecule has 1 heterocycles. The number of hydrogen-bond donors (Lipinski definition) is 1. The maximum absolute atomic E-state index is 12.1. The molecule has 0 saturated carbocycles. The van der Waals surface area contributed by atoms with Crippen LogP contribution in [-0.4, -0.2) is 17.2 Å². The van der Waals surface area contributed by atoms with E-state index in [9.17, 15) is 9.90 Å². The lowest BCUT2D eigenvalue weighted by Crippen LogP contribution is -2.29. The van der Waals surface area contributed by atoms with Gasteiger partial charge in [0.1, 0.15) is 5.75 Å². The van der Waals surface area contributed by atoms with Crippen LogP contribution in [0.1, 0.15) is 5.56 Å². The van der Waals surface area contributed by atoms with Crippen molar-refractivity contribution in [2.75, 3.05) is 0 Å². The molecule has 6 aromatic rings. The van der Waals surface area contributed by atoms with Crippen molar-refractivity contribution in [1.82, 2.24) is 0 Å². The largest absolute Gasteiger partial charge is 0.478 e. The third-order valence-electron chi connectivity index (χ3n) is 6.56. The first-order chi connectivity index (χ1) is 18.4. The van der Waals surface area contributed by atoms with Gasteiger partial charge in [-0.1, -0.05) is 84.4 Å². The molecule has 0 saturated heterocycles. The fourth-order valence-corrected chi connectivity index (χ4v) is 7.77. The summed E-state index contributed by atoms with van der Waals surface area (Å²) in [5.74, 6) is -0.575. The molecule has 1 aromatic heterocycles. The highest BCUT2D eigenvalue weighted by Crippen LogP contribution is 2.50. The summed E-state index contributed by atoms with van der Waals surface area (Å²) < 4.78 is 9.60. The van der Waals surface area contributed by atoms with Crippen LogP contribution in [0.25, 0.3) is 42.1 Å². The first-order valence-electron chi connectivity index (χ1n) is 11.9. The molecule has 7 heteroatoms. The van der Waals surface area contributed by atoms with E-state index in [1.165, 1.54) is 4.70 Å². The van der Waals surface area contributed by atoms with Gasteiger partial charge in [0.15, 0.2) is 6.10 Å². The van der Waals surface area contributed by atoms with Crippen molar-refractivity contribution in [2.24, 2.45) is 0 Å². The molecule has 1 atom stereocenters. The van der Waals surface area contributed by atoms with Crippen LogP contribution in [0.4, 0.5) is 0 Å². The van der Waals surface area contributed by atoms with Crippen LogP contribution in [0, 0.1) is 0 Å². The van der Waals surface area contributed by atoms with E-state index in [0.29, 0.717) is 14.7 Å². The standard InChI is InChI=1S/C31H19Br2ClO3S/c32-22-15-18(16-23(33)29(22)37-24(31(35)36)14-17-8-2-1-3-9-17)26-19-10-4-5-11-20(19)28(34)30-27(26)21-12-6-7-13-25(21)38-30/h1-13,15-16,24H,14H2,(H,35,36)/t24-/m1/s1. The number of benzene rings is 5. The molecule has 6 rings (SSSR count). The summed E-state index contributed by atoms with van der Waals surface area (Å²) >= 11 is 16.0. The summed E-state index contributed by atoms with van der Waals surface area (Å²) in [6.07, 6.45) is -0.792. The lowest BCUT2D eigenvalue weighted by molar-refractivity contribution is -0.145. The highest BCUT2D eigenvalue weighted by Gasteiger charge is 2.24. The summed E-state index contributed by atoms with van der Waals surface area (Å²) in [6, 6.07) is 29.9. The number of halogens is 3. The molecule has 38 heavy (non-hydrogen) atoms. The van der Waals surface area contributed by atoms with Crippen molar-refractivity contribution in [3.05, 3.63) is 111 Å². The number of carboxylic acid groups (broad SMARTS) is 1. The normalized spacial score (nSPS) is 12.3. The molecule has 0 amide bonds. The summed E-state index contributed by atoms with van der Waals surface area (Å²) in [6.45, 7) is 0. The van der Waals surface area contributed by atoms with Crippen LogP contribution in [0.3, 0.4) is 0 Å². The number of thiophene rings is 1. The molecule has 0 aliphatic rings. The third-order valence-corrected chi connectivity index (χ3v) is 9.44. The number of fused-ring (bicyclic) bond motifs is 4. The van der Waals surface area contributed by atoms with E-state index in [1.54, 1.807) is 11.3 Å². The molecule has 0 aliphatic carbocycles. The lowest BCUT2D eigenvalue weighted by atomic mass is 9.93. The molecule has 5 aromatic carbocycles. The van der Waals surface area contributed by atoms with Gasteiger partial charge >= 0.3 is 5.97 Å². The van der Waals surface area contributed by atoms with Gasteiger partial charge in [-0.2, -0.15) is 0 Å². The molecule has 0 unspecified atom stereocenters. The van der Waals surface area contributed by atoms with Gasteiger partial charge in [0.25, 0.3) is 0 Å². The van der Waals surface area contributed by atoms with Crippen LogP contribution >= 0.6 is 54.8 Å². The van der Waals surface area contributed by atoms with E-state index >= 15 is 0 Å². The molecule has 0 fully saturated rings. The summed E-state index contributed by atoms with van der Waals surface area (Å²) in [7, 11) is 0. The van der Waals surface area contributed by atoms with Crippen molar-refractivity contribution in [1.29, 1.82) is 0 Å². The Hall–Kier alpha value is -2.90. The van der Waals surface area contributed by atoms with Crippen LogP contribution < -0.4 is 4.74 Å². The Morgan fingerprint density at radius 3 is 2.16 bits per heavy atom. The van der Waals surface area contributed by atoms with E-state index in [4.69, 9.17) is 16.3 Å². The zero-order valence-corrected chi connectivity index (χ0v) is 24.5. The fraction of sp³-hybridized carbons (Fsp3) is 0.0645. The van der Waals surface area contributed by atoms with E-state index in [1.807, 2.05) is 72.8 Å². The van der Waals surface area contributed by atoms with Gasteiger partial charge in [0.2, 0.25) is 0 Å². The van der Waals surface area contributed by atoms with E-state index < -0.39 is 12.1 Å². The second kappa shape index (κ2) is 10.3. The fourth-order valence-electron chi connectivity index (χ4n) is 4.86. The third kappa shape index (κ3) is 4.50. The quantitative estimate of drug-likeness (QED) is 0.193. The number of carbonyl (C=O) groups is 1. The Morgan fingerprint density at radius 1 is 0.868 bits per heavy atom. The molecule has 188 valence electrons. The topological polar surface area (TPSA) is 46.5 Å². The highest BCUT2D eigenvalue weighted by molar-refractivity contribution is 9.11. The van der Waals surface area contributed by atoms with Crippen molar-refractivity contribution >= 4 is 91.7 Å². The first kappa shape index (κ1) is 25.4. The predicted molar refractivity (Wildman–Crippen MR) is 165 cm³/mol. The van der Waals surface area contributed by atoms with Crippen LogP contribution in [-0.2, 0) is 11.2 Å². The monoisotopic (exact) mass is 664 g/mol. The molecule has 0 spiro atoms. The minimum Gasteiger partial charge on any atom is -0.478 e. The van der Waals surface area contributed by atoms with Crippen LogP contribution in [0.15, 0.2) is 99.9 Å². The van der Waals surface area contributed by atoms with Crippen LogP contribution in [0.2, 0.25) is 5.02 Å². The Morgan fingerprint density at radius 2 is 1.47 bits per heavy atom. The van der Waals surface area contributed by atoms with Crippen molar-refractivity contribution in [2.45, 2.75) is 12.5 Å². The molecule has 3 nitrogen and oxygen atoms in total. The van der Waals surface area contributed by atoms with Crippen LogP contribution in [0.5, 0.6) is 5.75 Å². The molecule has 0 bridgehead atoms. The average molecular weight is 667 g/mol. The average Bonchev–Trinajstić information content (AvgIpc) is 3.30. The Labute approximate surface area is 244 Å². The number of rotatable bonds is 6. The summed E-state index contributed by atoms with van der Waals surface area (Å²) in [4.78, 5) is 12.1. The van der Waals surface area contributed by atoms with Gasteiger partial charge in [-0.3, -0.25) is 0 Å². The number of aliphatic carboxylic acids is 1. The van der Waals surface area contributed by atoms with Crippen molar-refractivity contribution in [3.8, 4) is 16.9 Å².